The number of hydrogen-bond acceptors (Lipinski definition) is 3. The molecule has 0 amide bonds. The Morgan fingerprint density at radius 3 is 2.38 bits per heavy atom. The third kappa shape index (κ3) is 3.79. The maximum Gasteiger partial charge on any atom is 0.162 e. The zero-order valence-corrected chi connectivity index (χ0v) is 15.6. The monoisotopic (exact) mass is 380 g/mol. The van der Waals surface area contributed by atoms with Crippen molar-refractivity contribution in [2.75, 3.05) is 5.32 Å². The maximum absolute atomic E-state index is 5.99. The summed E-state index contributed by atoms with van der Waals surface area (Å²) in [5.41, 5.74) is 4.03. The van der Waals surface area contributed by atoms with Crippen LogP contribution in [0.5, 0.6) is 0 Å². The molecule has 1 N–H and O–H groups in total. The van der Waals surface area contributed by atoms with Crippen molar-refractivity contribution < 1.29 is 12.4 Å². The molecule has 4 aromatic rings. The van der Waals surface area contributed by atoms with Crippen LogP contribution in [-0.4, -0.2) is 9.97 Å². The van der Waals surface area contributed by atoms with Gasteiger partial charge >= 0.3 is 0 Å². The van der Waals surface area contributed by atoms with Crippen molar-refractivity contribution in [2.24, 2.45) is 0 Å². The summed E-state index contributed by atoms with van der Waals surface area (Å²) in [4.78, 5) is 9.46. The van der Waals surface area contributed by atoms with Gasteiger partial charge in [0.15, 0.2) is 5.82 Å². The summed E-state index contributed by atoms with van der Waals surface area (Å²) in [5.74, 6) is 1.46. The van der Waals surface area contributed by atoms with Gasteiger partial charge in [0, 0.05) is 21.7 Å². The van der Waals surface area contributed by atoms with Crippen molar-refractivity contribution in [3.05, 3.63) is 83.4 Å². The Kier molecular flexibility index (Phi) is 5.40. The first-order chi connectivity index (χ1) is 12.2. The number of aromatic nitrogens is 2. The minimum atomic E-state index is 0. The molecule has 0 aliphatic heterocycles. The number of nitrogens with zero attached hydrogens (tertiary/aromatic N) is 2. The highest BCUT2D eigenvalue weighted by Gasteiger charge is 2.09. The van der Waals surface area contributed by atoms with Crippen molar-refractivity contribution in [2.45, 2.75) is 6.92 Å². The second-order valence-corrected chi connectivity index (χ2v) is 6.35. The first-order valence-electron chi connectivity index (χ1n) is 8.05. The van der Waals surface area contributed by atoms with Gasteiger partial charge in [0.1, 0.15) is 5.82 Å². The molecule has 0 fully saturated rings. The van der Waals surface area contributed by atoms with Crippen LogP contribution in [0.25, 0.3) is 22.3 Å². The van der Waals surface area contributed by atoms with Crippen LogP contribution in [0.15, 0.2) is 72.8 Å². The summed E-state index contributed by atoms with van der Waals surface area (Å²) in [5, 5.41) is 5.12. The van der Waals surface area contributed by atoms with Gasteiger partial charge in [-0.3, -0.25) is 0 Å². The molecule has 0 aliphatic carbocycles. The van der Waals surface area contributed by atoms with Crippen LogP contribution in [0.4, 0.5) is 11.5 Å². The predicted octanol–water partition coefficient (Wildman–Crippen LogP) is 3.01. The van der Waals surface area contributed by atoms with Crippen molar-refractivity contribution >= 4 is 34.0 Å². The molecule has 0 bridgehead atoms. The Morgan fingerprint density at radius 2 is 1.62 bits per heavy atom. The molecular weight excluding hydrogens is 365 g/mol. The van der Waals surface area contributed by atoms with E-state index in [-0.39, 0.29) is 12.4 Å². The molecule has 5 heteroatoms. The summed E-state index contributed by atoms with van der Waals surface area (Å²) < 4.78 is 0. The van der Waals surface area contributed by atoms with E-state index < -0.39 is 0 Å². The fourth-order valence-corrected chi connectivity index (χ4v) is 2.89. The molecule has 1 heterocycles. The number of hydrogen-bond donors (Lipinski definition) is 1. The zero-order chi connectivity index (χ0) is 17.2. The largest absolute Gasteiger partial charge is 1.00 e. The molecule has 0 atom stereocenters. The molecule has 0 saturated carbocycles. The van der Waals surface area contributed by atoms with E-state index in [1.54, 1.807) is 0 Å². The van der Waals surface area contributed by atoms with Crippen molar-refractivity contribution in [1.29, 1.82) is 0 Å². The lowest BCUT2D eigenvalue weighted by molar-refractivity contribution is -0.00000500. The van der Waals surface area contributed by atoms with Gasteiger partial charge in [-0.15, -0.1) is 0 Å². The summed E-state index contributed by atoms with van der Waals surface area (Å²) in [6, 6.07) is 23.8. The standard InChI is InChI=1S/C21H16ClN3.ClH/c1-14-5-4-6-17(13-14)23-21-18-7-2-3-8-19(18)24-20(25-21)15-9-11-16(22)12-10-15;/h2-13H,1H3,(H,23,24,25);1H/p-1. The Morgan fingerprint density at radius 1 is 0.846 bits per heavy atom. The lowest BCUT2D eigenvalue weighted by atomic mass is 10.1. The highest BCUT2D eigenvalue weighted by Crippen LogP contribution is 2.28. The predicted molar refractivity (Wildman–Crippen MR) is 104 cm³/mol. The molecule has 0 unspecified atom stereocenters. The topological polar surface area (TPSA) is 37.8 Å². The number of fused-ring (bicyclic) bond motifs is 1. The van der Waals surface area contributed by atoms with Gasteiger partial charge in [0.2, 0.25) is 0 Å². The number of halogens is 2. The van der Waals surface area contributed by atoms with E-state index in [2.05, 4.69) is 24.4 Å². The fourth-order valence-electron chi connectivity index (χ4n) is 2.76. The number of para-hydroxylation sites is 1. The minimum absolute atomic E-state index is 0. The molecule has 0 aliphatic rings. The number of aryl methyl sites for hydroxylation is 1. The number of benzene rings is 3. The second kappa shape index (κ2) is 7.73. The molecule has 130 valence electrons. The second-order valence-electron chi connectivity index (χ2n) is 5.91. The molecule has 3 nitrogen and oxygen atoms in total. The van der Waals surface area contributed by atoms with Crippen LogP contribution in [0, 0.1) is 6.92 Å². The number of rotatable bonds is 3. The SMILES string of the molecule is Cc1cccc(Nc2nc(-c3ccc(Cl)cc3)nc3ccccc23)c1.[Cl-]. The van der Waals surface area contributed by atoms with E-state index in [1.165, 1.54) is 5.56 Å². The van der Waals surface area contributed by atoms with Crippen molar-refractivity contribution in [1.82, 2.24) is 9.97 Å². The van der Waals surface area contributed by atoms with E-state index in [4.69, 9.17) is 21.6 Å². The average molecular weight is 381 g/mol. The Hall–Kier alpha value is -2.62. The fraction of sp³-hybridized carbons (Fsp3) is 0.0476. The summed E-state index contributed by atoms with van der Waals surface area (Å²) in [6.07, 6.45) is 0. The van der Waals surface area contributed by atoms with Gasteiger partial charge in [-0.1, -0.05) is 35.9 Å². The van der Waals surface area contributed by atoms with Gasteiger partial charge in [-0.2, -0.15) is 0 Å². The quantitative estimate of drug-likeness (QED) is 0.593. The zero-order valence-electron chi connectivity index (χ0n) is 14.1. The molecule has 3 aromatic carbocycles. The van der Waals surface area contributed by atoms with Gasteiger partial charge in [-0.05, 0) is 61.0 Å². The lowest BCUT2D eigenvalue weighted by Gasteiger charge is -2.11. The molecular formula is C21H16Cl2N3-. The van der Waals surface area contributed by atoms with Crippen LogP contribution in [0.2, 0.25) is 5.02 Å². The maximum atomic E-state index is 5.99. The summed E-state index contributed by atoms with van der Waals surface area (Å²) >= 11 is 5.99. The third-order valence-corrected chi connectivity index (χ3v) is 4.24. The Bertz CT molecular complexity index is 1050. The van der Waals surface area contributed by atoms with E-state index in [0.29, 0.717) is 10.8 Å². The van der Waals surface area contributed by atoms with E-state index in [1.807, 2.05) is 60.7 Å². The summed E-state index contributed by atoms with van der Waals surface area (Å²) in [6.45, 7) is 2.07. The van der Waals surface area contributed by atoms with Gasteiger partial charge in [0.25, 0.3) is 0 Å². The first-order valence-corrected chi connectivity index (χ1v) is 8.43. The first kappa shape index (κ1) is 18.2. The van der Waals surface area contributed by atoms with Crippen molar-refractivity contribution in [3.8, 4) is 11.4 Å². The third-order valence-electron chi connectivity index (χ3n) is 3.99. The normalized spacial score (nSPS) is 10.4. The van der Waals surface area contributed by atoms with Crippen LogP contribution >= 0.6 is 11.6 Å². The van der Waals surface area contributed by atoms with Crippen LogP contribution in [0.3, 0.4) is 0 Å². The molecule has 0 saturated heterocycles. The Labute approximate surface area is 163 Å². The molecule has 1 aromatic heterocycles. The van der Waals surface area contributed by atoms with E-state index in [0.717, 1.165) is 28.0 Å². The number of nitrogens with one attached hydrogen (secondary N) is 1. The van der Waals surface area contributed by atoms with E-state index >= 15 is 0 Å². The lowest BCUT2D eigenvalue weighted by Crippen LogP contribution is -3.00. The molecule has 4 rings (SSSR count). The molecule has 0 spiro atoms. The minimum Gasteiger partial charge on any atom is -1.00 e. The number of anilines is 2. The van der Waals surface area contributed by atoms with Crippen LogP contribution < -0.4 is 17.7 Å². The van der Waals surface area contributed by atoms with E-state index in [9.17, 15) is 0 Å². The van der Waals surface area contributed by atoms with Gasteiger partial charge in [-0.25, -0.2) is 9.97 Å². The summed E-state index contributed by atoms with van der Waals surface area (Å²) in [7, 11) is 0. The average Bonchev–Trinajstić information content (AvgIpc) is 2.62. The smallest absolute Gasteiger partial charge is 0.162 e. The Balaban J connectivity index is 0.00000196. The van der Waals surface area contributed by atoms with Gasteiger partial charge in [0.05, 0.1) is 5.52 Å². The van der Waals surface area contributed by atoms with Crippen LogP contribution in [0.1, 0.15) is 5.56 Å². The molecule has 0 radical (unpaired) electrons. The van der Waals surface area contributed by atoms with Crippen LogP contribution in [-0.2, 0) is 0 Å². The molecule has 26 heavy (non-hydrogen) atoms. The van der Waals surface area contributed by atoms with Gasteiger partial charge < -0.3 is 17.7 Å². The highest BCUT2D eigenvalue weighted by atomic mass is 35.5. The highest BCUT2D eigenvalue weighted by molar-refractivity contribution is 6.30. The van der Waals surface area contributed by atoms with Crippen molar-refractivity contribution in [3.63, 3.8) is 0 Å².